The first-order valence-electron chi connectivity index (χ1n) is 13.0. The molecular weight excluding hydrogens is 512 g/mol. The molecule has 1 fully saturated rings. The van der Waals surface area contributed by atoms with Crippen LogP contribution >= 0.6 is 11.8 Å². The minimum Gasteiger partial charge on any atom is -0.491 e. The molecule has 0 aliphatic carbocycles. The van der Waals surface area contributed by atoms with Gasteiger partial charge in [-0.2, -0.15) is 0 Å². The van der Waals surface area contributed by atoms with Gasteiger partial charge in [0.15, 0.2) is 6.10 Å². The second-order valence-corrected chi connectivity index (χ2v) is 10.6. The fourth-order valence-electron chi connectivity index (χ4n) is 4.53. The molecule has 3 atom stereocenters. The van der Waals surface area contributed by atoms with Crippen LogP contribution in [0.4, 0.5) is 0 Å². The molecule has 0 radical (unpaired) electrons. The van der Waals surface area contributed by atoms with E-state index in [1.54, 1.807) is 30.3 Å². The lowest BCUT2D eigenvalue weighted by Gasteiger charge is -2.48. The molecule has 5 rings (SSSR count). The number of carbonyl (C=O) groups is 3. The predicted octanol–water partition coefficient (Wildman–Crippen LogP) is 5.09. The number of hydrogen-bond donors (Lipinski definition) is 1. The molecule has 0 saturated carbocycles. The number of nitrogens with zero attached hydrogens (tertiary/aromatic N) is 1. The molecule has 1 N–H and O–H groups in total. The van der Waals surface area contributed by atoms with Crippen molar-refractivity contribution in [2.45, 2.75) is 43.9 Å². The predicted molar refractivity (Wildman–Crippen MR) is 150 cm³/mol. The minimum absolute atomic E-state index is 0.0251. The average Bonchev–Trinajstić information content (AvgIpc) is 2.98. The Labute approximate surface area is 232 Å². The minimum atomic E-state index is -0.739. The van der Waals surface area contributed by atoms with Gasteiger partial charge >= 0.3 is 5.97 Å². The van der Waals surface area contributed by atoms with Crippen LogP contribution in [-0.4, -0.2) is 46.0 Å². The lowest BCUT2D eigenvalue weighted by Crippen LogP contribution is -2.70. The Bertz CT molecular complexity index is 1340. The smallest absolute Gasteiger partial charge is 0.355 e. The van der Waals surface area contributed by atoms with E-state index in [1.165, 1.54) is 16.7 Å². The quantitative estimate of drug-likeness (QED) is 0.299. The molecule has 2 aliphatic heterocycles. The van der Waals surface area contributed by atoms with Crippen LogP contribution in [0.3, 0.4) is 0 Å². The number of β-lactam (4-membered cyclic amide) rings is 1. The van der Waals surface area contributed by atoms with Gasteiger partial charge in [0.25, 0.3) is 11.8 Å². The van der Waals surface area contributed by atoms with Crippen molar-refractivity contribution >= 4 is 29.5 Å². The van der Waals surface area contributed by atoms with Gasteiger partial charge in [-0.1, -0.05) is 73.7 Å². The maximum atomic E-state index is 13.4. The molecule has 0 aromatic heterocycles. The number of amides is 2. The Hall–Kier alpha value is -4.04. The van der Waals surface area contributed by atoms with Crippen LogP contribution in [-0.2, 0) is 14.3 Å². The molecule has 200 valence electrons. The summed E-state index contributed by atoms with van der Waals surface area (Å²) >= 11 is 1.49. The molecule has 2 unspecified atom stereocenters. The van der Waals surface area contributed by atoms with Gasteiger partial charge in [0.05, 0.1) is 6.10 Å². The van der Waals surface area contributed by atoms with Gasteiger partial charge in [0.2, 0.25) is 0 Å². The number of ether oxygens (including phenoxy) is 2. The van der Waals surface area contributed by atoms with Crippen LogP contribution in [0.2, 0.25) is 0 Å². The van der Waals surface area contributed by atoms with Gasteiger partial charge in [-0.15, -0.1) is 11.8 Å². The van der Waals surface area contributed by atoms with E-state index in [4.69, 9.17) is 9.47 Å². The zero-order valence-electron chi connectivity index (χ0n) is 21.8. The number of thioether (sulfide) groups is 1. The molecule has 3 aromatic carbocycles. The number of benzene rings is 3. The normalized spacial score (nSPS) is 18.9. The number of hydrogen-bond acceptors (Lipinski definition) is 6. The van der Waals surface area contributed by atoms with Crippen LogP contribution in [0.25, 0.3) is 0 Å². The third-order valence-corrected chi connectivity index (χ3v) is 7.96. The Balaban J connectivity index is 1.28. The Morgan fingerprint density at radius 3 is 2.31 bits per heavy atom. The summed E-state index contributed by atoms with van der Waals surface area (Å²) in [6, 6.07) is 25.2. The van der Waals surface area contributed by atoms with Crippen LogP contribution in [0, 0.1) is 0 Å². The van der Waals surface area contributed by atoms with Gasteiger partial charge in [0.1, 0.15) is 22.9 Å². The number of carbonyl (C=O) groups excluding carboxylic acids is 3. The van der Waals surface area contributed by atoms with Gasteiger partial charge in [-0.05, 0) is 48.7 Å². The summed E-state index contributed by atoms with van der Waals surface area (Å²) < 4.78 is 11.8. The molecule has 2 heterocycles. The summed E-state index contributed by atoms with van der Waals surface area (Å²) in [5, 5.41) is 2.45. The molecule has 0 spiro atoms. The van der Waals surface area contributed by atoms with Gasteiger partial charge < -0.3 is 14.8 Å². The van der Waals surface area contributed by atoms with Crippen LogP contribution in [0.15, 0.2) is 96.7 Å². The van der Waals surface area contributed by atoms with E-state index in [2.05, 4.69) is 5.32 Å². The molecule has 0 bridgehead atoms. The lowest BCUT2D eigenvalue weighted by molar-refractivity contribution is -0.153. The maximum Gasteiger partial charge on any atom is 0.355 e. The van der Waals surface area contributed by atoms with Crippen molar-refractivity contribution in [3.05, 3.63) is 113 Å². The summed E-state index contributed by atoms with van der Waals surface area (Å²) in [7, 11) is 0. The molecule has 2 amide bonds. The van der Waals surface area contributed by atoms with Crippen molar-refractivity contribution in [2.75, 3.05) is 5.75 Å². The molecule has 3 aromatic rings. The second-order valence-electron chi connectivity index (χ2n) is 9.44. The summed E-state index contributed by atoms with van der Waals surface area (Å²) in [6.45, 7) is 3.99. The SMILES string of the molecule is CCC(C)Oc1cccc(C(=O)NC2C(=O)N3C(C(=O)OC(c4ccccc4)c4ccccc4)=CCS[C@@H]23)c1. The van der Waals surface area contributed by atoms with Crippen molar-refractivity contribution in [2.24, 2.45) is 0 Å². The van der Waals surface area contributed by atoms with E-state index in [1.807, 2.05) is 74.5 Å². The zero-order valence-corrected chi connectivity index (χ0v) is 22.6. The summed E-state index contributed by atoms with van der Waals surface area (Å²) in [5.41, 5.74) is 2.28. The Morgan fingerprint density at radius 2 is 1.67 bits per heavy atom. The van der Waals surface area contributed by atoms with Gasteiger partial charge in [-0.3, -0.25) is 14.5 Å². The monoisotopic (exact) mass is 542 g/mol. The van der Waals surface area contributed by atoms with Gasteiger partial charge in [0, 0.05) is 11.3 Å². The highest BCUT2D eigenvalue weighted by atomic mass is 32.2. The van der Waals surface area contributed by atoms with Gasteiger partial charge in [-0.25, -0.2) is 4.79 Å². The highest BCUT2D eigenvalue weighted by molar-refractivity contribution is 8.00. The summed E-state index contributed by atoms with van der Waals surface area (Å²) in [6.07, 6.45) is 1.96. The fraction of sp³-hybridized carbons (Fsp3) is 0.258. The molecule has 7 nitrogen and oxygen atoms in total. The molecule has 1 saturated heterocycles. The van der Waals surface area contributed by atoms with E-state index in [0.29, 0.717) is 17.1 Å². The van der Waals surface area contributed by atoms with Crippen molar-refractivity contribution in [1.82, 2.24) is 10.2 Å². The average molecular weight is 543 g/mol. The van der Waals surface area contributed by atoms with Crippen molar-refractivity contribution in [3.63, 3.8) is 0 Å². The number of rotatable bonds is 9. The first-order valence-corrected chi connectivity index (χ1v) is 14.0. The molecule has 2 aliphatic rings. The fourth-order valence-corrected chi connectivity index (χ4v) is 5.73. The number of fused-ring (bicyclic) bond motifs is 1. The van der Waals surface area contributed by atoms with Crippen molar-refractivity contribution in [1.29, 1.82) is 0 Å². The standard InChI is InChI=1S/C31H30N2O5S/c1-3-20(2)37-24-16-10-15-23(19-24)28(34)32-26-29(35)33-25(17-18-39-30(26)33)31(36)38-27(21-11-6-4-7-12-21)22-13-8-5-9-14-22/h4-17,19-20,26-27,30H,3,18H2,1-2H3,(H,32,34)/t20?,26?,30-/m0/s1. The topological polar surface area (TPSA) is 84.9 Å². The highest BCUT2D eigenvalue weighted by Crippen LogP contribution is 2.39. The van der Waals surface area contributed by atoms with E-state index in [-0.39, 0.29) is 29.0 Å². The number of nitrogens with one attached hydrogen (secondary N) is 1. The Kier molecular flexibility index (Phi) is 8.02. The van der Waals surface area contributed by atoms with Crippen LogP contribution in [0.1, 0.15) is 47.9 Å². The first kappa shape index (κ1) is 26.6. The van der Waals surface area contributed by atoms with Crippen LogP contribution < -0.4 is 10.1 Å². The molecule has 39 heavy (non-hydrogen) atoms. The maximum absolute atomic E-state index is 13.4. The van der Waals surface area contributed by atoms with Crippen molar-refractivity contribution in [3.8, 4) is 5.75 Å². The first-order chi connectivity index (χ1) is 19.0. The Morgan fingerprint density at radius 1 is 1.00 bits per heavy atom. The zero-order chi connectivity index (χ0) is 27.4. The van der Waals surface area contributed by atoms with E-state index in [9.17, 15) is 14.4 Å². The highest BCUT2D eigenvalue weighted by Gasteiger charge is 2.53. The van der Waals surface area contributed by atoms with E-state index < -0.39 is 18.1 Å². The third-order valence-electron chi connectivity index (χ3n) is 6.78. The molecular formula is C31H30N2O5S. The summed E-state index contributed by atoms with van der Waals surface area (Å²) in [5.74, 6) is -0.164. The summed E-state index contributed by atoms with van der Waals surface area (Å²) in [4.78, 5) is 41.0. The lowest BCUT2D eigenvalue weighted by atomic mass is 10.0. The largest absolute Gasteiger partial charge is 0.491 e. The number of esters is 1. The van der Waals surface area contributed by atoms with Crippen LogP contribution in [0.5, 0.6) is 5.75 Å². The second kappa shape index (κ2) is 11.8. The third kappa shape index (κ3) is 5.71. The van der Waals surface area contributed by atoms with E-state index >= 15 is 0 Å². The van der Waals surface area contributed by atoms with E-state index in [0.717, 1.165) is 17.5 Å². The van der Waals surface area contributed by atoms with Crippen molar-refractivity contribution < 1.29 is 23.9 Å². The molecule has 8 heteroatoms.